The summed E-state index contributed by atoms with van der Waals surface area (Å²) < 4.78 is 7.81. The number of ether oxygens (including phenoxy) is 1. The maximum absolute atomic E-state index is 6.41. The van der Waals surface area contributed by atoms with Crippen LogP contribution >= 0.6 is 0 Å². The molecule has 1 saturated heterocycles. The number of rotatable bonds is 3. The molecule has 5 atom stereocenters. The van der Waals surface area contributed by atoms with Crippen molar-refractivity contribution in [1.29, 1.82) is 0 Å². The highest BCUT2D eigenvalue weighted by atomic mass is 16.5. The molecule has 2 rings (SSSR count). The van der Waals surface area contributed by atoms with Crippen LogP contribution in [0.15, 0.2) is 6.07 Å². The van der Waals surface area contributed by atoms with Crippen LogP contribution in [0.2, 0.25) is 0 Å². The fourth-order valence-corrected chi connectivity index (χ4v) is 3.26. The summed E-state index contributed by atoms with van der Waals surface area (Å²) in [4.78, 5) is 0. The third kappa shape index (κ3) is 2.45. The Kier molecular flexibility index (Phi) is 3.78. The quantitative estimate of drug-likeness (QED) is 0.889. The van der Waals surface area contributed by atoms with Crippen LogP contribution in [0, 0.1) is 18.8 Å². The van der Waals surface area contributed by atoms with E-state index in [1.807, 2.05) is 18.7 Å². The number of nitrogens with zero attached hydrogens (tertiary/aromatic N) is 2. The summed E-state index contributed by atoms with van der Waals surface area (Å²) in [5, 5.41) is 4.37. The molecule has 102 valence electrons. The molecule has 5 unspecified atom stereocenters. The standard InChI is InChI=1S/C14H25N3O/c1-8-6-12(17(5)16-8)7-13(15)14-9(2)10(3)18-11(14)4/h6,9-11,13-14H,7,15H2,1-5H3. The molecule has 0 radical (unpaired) electrons. The summed E-state index contributed by atoms with van der Waals surface area (Å²) in [7, 11) is 1.98. The fraction of sp³-hybridized carbons (Fsp3) is 0.786. The lowest BCUT2D eigenvalue weighted by atomic mass is 9.82. The molecule has 1 aromatic heterocycles. The highest BCUT2D eigenvalue weighted by Crippen LogP contribution is 2.34. The van der Waals surface area contributed by atoms with E-state index >= 15 is 0 Å². The second kappa shape index (κ2) is 5.02. The van der Waals surface area contributed by atoms with E-state index in [4.69, 9.17) is 10.5 Å². The van der Waals surface area contributed by atoms with Crippen molar-refractivity contribution >= 4 is 0 Å². The van der Waals surface area contributed by atoms with Crippen molar-refractivity contribution < 1.29 is 4.74 Å². The molecule has 4 nitrogen and oxygen atoms in total. The van der Waals surface area contributed by atoms with Gasteiger partial charge in [-0.2, -0.15) is 5.10 Å². The predicted octanol–water partition coefficient (Wildman–Crippen LogP) is 1.66. The first-order chi connectivity index (χ1) is 8.40. The van der Waals surface area contributed by atoms with Gasteiger partial charge in [-0.05, 0) is 32.8 Å². The molecular formula is C14H25N3O. The largest absolute Gasteiger partial charge is 0.375 e. The van der Waals surface area contributed by atoms with Crippen LogP contribution in [-0.4, -0.2) is 28.0 Å². The van der Waals surface area contributed by atoms with Crippen LogP contribution in [0.4, 0.5) is 0 Å². The van der Waals surface area contributed by atoms with Crippen LogP contribution in [0.3, 0.4) is 0 Å². The van der Waals surface area contributed by atoms with Gasteiger partial charge in [0, 0.05) is 31.1 Å². The van der Waals surface area contributed by atoms with Crippen molar-refractivity contribution in [3.63, 3.8) is 0 Å². The Morgan fingerprint density at radius 3 is 2.50 bits per heavy atom. The zero-order valence-corrected chi connectivity index (χ0v) is 12.1. The van der Waals surface area contributed by atoms with Crippen LogP contribution in [0.25, 0.3) is 0 Å². The fourth-order valence-electron chi connectivity index (χ4n) is 3.26. The zero-order chi connectivity index (χ0) is 13.4. The number of hydrogen-bond acceptors (Lipinski definition) is 3. The molecule has 0 aromatic carbocycles. The molecule has 1 aromatic rings. The molecule has 0 amide bonds. The maximum atomic E-state index is 6.41. The highest BCUT2D eigenvalue weighted by molar-refractivity contribution is 5.11. The van der Waals surface area contributed by atoms with Gasteiger partial charge < -0.3 is 10.5 Å². The monoisotopic (exact) mass is 251 g/mol. The third-order valence-corrected chi connectivity index (χ3v) is 4.36. The van der Waals surface area contributed by atoms with Crippen molar-refractivity contribution in [2.75, 3.05) is 0 Å². The van der Waals surface area contributed by atoms with Crippen LogP contribution < -0.4 is 5.73 Å². The minimum atomic E-state index is 0.134. The van der Waals surface area contributed by atoms with Gasteiger partial charge in [0.25, 0.3) is 0 Å². The average Bonchev–Trinajstić information content (AvgIpc) is 2.69. The van der Waals surface area contributed by atoms with E-state index in [0.29, 0.717) is 17.9 Å². The van der Waals surface area contributed by atoms with Crippen LogP contribution in [-0.2, 0) is 18.2 Å². The number of aryl methyl sites for hydroxylation is 2. The summed E-state index contributed by atoms with van der Waals surface area (Å²) in [6.07, 6.45) is 1.43. The third-order valence-electron chi connectivity index (χ3n) is 4.36. The normalized spacial score (nSPS) is 33.9. The van der Waals surface area contributed by atoms with E-state index in [0.717, 1.165) is 12.1 Å². The van der Waals surface area contributed by atoms with Gasteiger partial charge in [0.15, 0.2) is 0 Å². The van der Waals surface area contributed by atoms with Gasteiger partial charge in [-0.25, -0.2) is 0 Å². The SMILES string of the molecule is Cc1cc(CC(N)C2C(C)OC(C)C2C)n(C)n1. The minimum Gasteiger partial charge on any atom is -0.375 e. The number of aromatic nitrogens is 2. The summed E-state index contributed by atoms with van der Waals surface area (Å²) in [6, 6.07) is 2.25. The van der Waals surface area contributed by atoms with Crippen molar-refractivity contribution in [3.05, 3.63) is 17.5 Å². The molecular weight excluding hydrogens is 226 g/mol. The first-order valence-electron chi connectivity index (χ1n) is 6.80. The lowest BCUT2D eigenvalue weighted by Crippen LogP contribution is -2.39. The van der Waals surface area contributed by atoms with Gasteiger partial charge in [0.2, 0.25) is 0 Å². The van der Waals surface area contributed by atoms with Gasteiger partial charge in [-0.1, -0.05) is 6.92 Å². The molecule has 2 N–H and O–H groups in total. The van der Waals surface area contributed by atoms with Crippen LogP contribution in [0.1, 0.15) is 32.2 Å². The van der Waals surface area contributed by atoms with E-state index in [9.17, 15) is 0 Å². The Labute approximate surface area is 110 Å². The summed E-state index contributed by atoms with van der Waals surface area (Å²) in [5.41, 5.74) is 8.67. The van der Waals surface area contributed by atoms with Crippen molar-refractivity contribution in [2.45, 2.75) is 52.4 Å². The average molecular weight is 251 g/mol. The van der Waals surface area contributed by atoms with Gasteiger partial charge in [0.05, 0.1) is 17.9 Å². The maximum Gasteiger partial charge on any atom is 0.0597 e. The molecule has 0 spiro atoms. The topological polar surface area (TPSA) is 53.1 Å². The second-order valence-electron chi connectivity index (χ2n) is 5.75. The second-order valence-corrected chi connectivity index (χ2v) is 5.75. The molecule has 4 heteroatoms. The molecule has 2 heterocycles. The Bertz CT molecular complexity index is 415. The van der Waals surface area contributed by atoms with Gasteiger partial charge in [-0.3, -0.25) is 4.68 Å². The molecule has 1 aliphatic heterocycles. The van der Waals surface area contributed by atoms with E-state index in [2.05, 4.69) is 31.9 Å². The van der Waals surface area contributed by atoms with Crippen LogP contribution in [0.5, 0.6) is 0 Å². The summed E-state index contributed by atoms with van der Waals surface area (Å²) in [6.45, 7) is 8.54. The van der Waals surface area contributed by atoms with E-state index in [-0.39, 0.29) is 12.1 Å². The molecule has 0 aliphatic carbocycles. The molecule has 0 bridgehead atoms. The molecule has 18 heavy (non-hydrogen) atoms. The van der Waals surface area contributed by atoms with E-state index < -0.39 is 0 Å². The first kappa shape index (κ1) is 13.6. The molecule has 1 fully saturated rings. The number of hydrogen-bond donors (Lipinski definition) is 1. The van der Waals surface area contributed by atoms with Crippen molar-refractivity contribution in [1.82, 2.24) is 9.78 Å². The lowest BCUT2D eigenvalue weighted by Gasteiger charge is -2.25. The summed E-state index contributed by atoms with van der Waals surface area (Å²) in [5.74, 6) is 0.944. The molecule has 0 saturated carbocycles. The first-order valence-corrected chi connectivity index (χ1v) is 6.80. The predicted molar refractivity (Wildman–Crippen MR) is 72.3 cm³/mol. The van der Waals surface area contributed by atoms with Gasteiger partial charge >= 0.3 is 0 Å². The highest BCUT2D eigenvalue weighted by Gasteiger charge is 2.40. The van der Waals surface area contributed by atoms with Gasteiger partial charge in [-0.15, -0.1) is 0 Å². The van der Waals surface area contributed by atoms with Crippen molar-refractivity contribution in [3.8, 4) is 0 Å². The van der Waals surface area contributed by atoms with E-state index in [1.54, 1.807) is 0 Å². The Morgan fingerprint density at radius 1 is 1.39 bits per heavy atom. The Balaban J connectivity index is 2.08. The Hall–Kier alpha value is -0.870. The Morgan fingerprint density at radius 2 is 2.06 bits per heavy atom. The smallest absolute Gasteiger partial charge is 0.0597 e. The molecule has 1 aliphatic rings. The zero-order valence-electron chi connectivity index (χ0n) is 12.1. The minimum absolute atomic E-state index is 0.134. The van der Waals surface area contributed by atoms with Gasteiger partial charge in [0.1, 0.15) is 0 Å². The van der Waals surface area contributed by atoms with Crippen molar-refractivity contribution in [2.24, 2.45) is 24.6 Å². The lowest BCUT2D eigenvalue weighted by molar-refractivity contribution is 0.0489. The van der Waals surface area contributed by atoms with E-state index in [1.165, 1.54) is 5.69 Å². The number of nitrogens with two attached hydrogens (primary N) is 1. The summed E-state index contributed by atoms with van der Waals surface area (Å²) >= 11 is 0.